The van der Waals surface area contributed by atoms with Gasteiger partial charge in [-0.05, 0) is 25.3 Å². The number of hydrazone groups is 1. The van der Waals surface area contributed by atoms with Gasteiger partial charge in [-0.3, -0.25) is 30.4 Å². The van der Waals surface area contributed by atoms with Crippen LogP contribution in [-0.4, -0.2) is 28.1 Å². The highest BCUT2D eigenvalue weighted by Crippen LogP contribution is 2.44. The fraction of sp³-hybridized carbons (Fsp3) is 0.467. The molecule has 1 heterocycles. The first-order chi connectivity index (χ1) is 12.0. The van der Waals surface area contributed by atoms with Crippen LogP contribution in [0.1, 0.15) is 25.7 Å². The third-order valence-corrected chi connectivity index (χ3v) is 4.36. The molecule has 3 rings (SSSR count). The van der Waals surface area contributed by atoms with E-state index in [2.05, 4.69) is 10.5 Å². The molecular weight excluding hydrogens is 332 g/mol. The minimum atomic E-state index is -0.702. The fourth-order valence-corrected chi connectivity index (χ4v) is 2.95. The number of rotatable bonds is 6. The second-order valence-electron chi connectivity index (χ2n) is 6.09. The summed E-state index contributed by atoms with van der Waals surface area (Å²) < 4.78 is 5.32. The molecule has 1 saturated carbocycles. The minimum Gasteiger partial charge on any atom is -0.462 e. The molecule has 25 heavy (non-hydrogen) atoms. The van der Waals surface area contributed by atoms with Crippen molar-refractivity contribution in [2.75, 3.05) is 5.43 Å². The lowest BCUT2D eigenvalue weighted by Crippen LogP contribution is -2.25. The normalized spacial score (nSPS) is 25.4. The van der Waals surface area contributed by atoms with Gasteiger partial charge in [0, 0.05) is 30.5 Å². The lowest BCUT2D eigenvalue weighted by molar-refractivity contribution is -0.393. The lowest BCUT2D eigenvalue weighted by atomic mass is 10.0. The van der Waals surface area contributed by atoms with Crippen molar-refractivity contribution in [3.8, 4) is 0 Å². The molecule has 2 fully saturated rings. The van der Waals surface area contributed by atoms with Crippen LogP contribution in [0.15, 0.2) is 23.3 Å². The molecule has 0 spiro atoms. The largest absolute Gasteiger partial charge is 0.462 e. The van der Waals surface area contributed by atoms with Crippen molar-refractivity contribution in [2.45, 2.75) is 31.8 Å². The van der Waals surface area contributed by atoms with E-state index in [0.717, 1.165) is 25.3 Å². The van der Waals surface area contributed by atoms with Crippen molar-refractivity contribution in [1.82, 2.24) is 0 Å². The number of carbonyl (C=O) groups excluding carboxylic acids is 1. The summed E-state index contributed by atoms with van der Waals surface area (Å²) in [5, 5.41) is 25.7. The number of cyclic esters (lactones) is 1. The van der Waals surface area contributed by atoms with Gasteiger partial charge in [-0.25, -0.2) is 0 Å². The van der Waals surface area contributed by atoms with Crippen molar-refractivity contribution in [2.24, 2.45) is 16.9 Å². The summed E-state index contributed by atoms with van der Waals surface area (Å²) in [7, 11) is 0. The molecule has 0 aromatic heterocycles. The molecule has 1 aromatic carbocycles. The zero-order valence-corrected chi connectivity index (χ0v) is 13.2. The fourth-order valence-electron chi connectivity index (χ4n) is 2.95. The Kier molecular flexibility index (Phi) is 4.59. The number of anilines is 1. The Labute approximate surface area is 142 Å². The van der Waals surface area contributed by atoms with Crippen LogP contribution in [0, 0.1) is 32.1 Å². The number of nitro benzene ring substituents is 2. The number of nitrogens with one attached hydrogen (secondary N) is 1. The van der Waals surface area contributed by atoms with E-state index in [1.807, 2.05) is 0 Å². The number of hydrogen-bond donors (Lipinski definition) is 1. The average Bonchev–Trinajstić information content (AvgIpc) is 3.34. The Morgan fingerprint density at radius 3 is 2.76 bits per heavy atom. The van der Waals surface area contributed by atoms with E-state index in [0.29, 0.717) is 6.42 Å². The summed E-state index contributed by atoms with van der Waals surface area (Å²) in [6, 6.07) is 3.31. The number of ether oxygens (including phenoxy) is 1. The first-order valence-corrected chi connectivity index (χ1v) is 7.87. The van der Waals surface area contributed by atoms with Crippen LogP contribution < -0.4 is 5.43 Å². The Morgan fingerprint density at radius 1 is 1.28 bits per heavy atom. The van der Waals surface area contributed by atoms with E-state index >= 15 is 0 Å². The molecule has 132 valence electrons. The molecule has 1 aliphatic carbocycles. The predicted molar refractivity (Wildman–Crippen MR) is 87.2 cm³/mol. The Balaban J connectivity index is 1.60. The highest BCUT2D eigenvalue weighted by atomic mass is 16.6. The molecule has 1 aromatic rings. The summed E-state index contributed by atoms with van der Waals surface area (Å²) in [6.07, 6.45) is 4.56. The van der Waals surface area contributed by atoms with Crippen LogP contribution in [0.25, 0.3) is 0 Å². The van der Waals surface area contributed by atoms with Crippen LogP contribution in [0.5, 0.6) is 0 Å². The Bertz CT molecular complexity index is 750. The zero-order chi connectivity index (χ0) is 18.0. The quantitative estimate of drug-likeness (QED) is 0.361. The van der Waals surface area contributed by atoms with Gasteiger partial charge >= 0.3 is 11.7 Å². The molecule has 2 aliphatic rings. The van der Waals surface area contributed by atoms with Gasteiger partial charge in [0.1, 0.15) is 11.8 Å². The summed E-state index contributed by atoms with van der Waals surface area (Å²) in [6.45, 7) is 0. The third kappa shape index (κ3) is 3.90. The van der Waals surface area contributed by atoms with Gasteiger partial charge < -0.3 is 4.74 Å². The third-order valence-electron chi connectivity index (χ3n) is 4.36. The Hall–Kier alpha value is -3.04. The second kappa shape index (κ2) is 6.83. The number of nitrogens with zero attached hydrogens (tertiary/aromatic N) is 3. The number of carbonyl (C=O) groups is 1. The van der Waals surface area contributed by atoms with Crippen LogP contribution in [0.3, 0.4) is 0 Å². The maximum Gasteiger partial charge on any atom is 0.306 e. The predicted octanol–water partition coefficient (Wildman–Crippen LogP) is 2.63. The summed E-state index contributed by atoms with van der Waals surface area (Å²) in [4.78, 5) is 31.7. The topological polar surface area (TPSA) is 137 Å². The molecule has 0 radical (unpaired) electrons. The van der Waals surface area contributed by atoms with E-state index in [4.69, 9.17) is 4.74 Å². The van der Waals surface area contributed by atoms with Crippen molar-refractivity contribution >= 4 is 29.2 Å². The molecular formula is C15H16N4O6. The summed E-state index contributed by atoms with van der Waals surface area (Å²) in [5.74, 6) is 0.223. The maximum absolute atomic E-state index is 11.3. The summed E-state index contributed by atoms with van der Waals surface area (Å²) >= 11 is 0. The van der Waals surface area contributed by atoms with Crippen molar-refractivity contribution in [3.63, 3.8) is 0 Å². The van der Waals surface area contributed by atoms with Gasteiger partial charge in [0.2, 0.25) is 0 Å². The first kappa shape index (κ1) is 16.8. The zero-order valence-electron chi connectivity index (χ0n) is 13.2. The number of esters is 1. The van der Waals surface area contributed by atoms with E-state index in [1.54, 1.807) is 6.21 Å². The molecule has 0 unspecified atom stereocenters. The molecule has 1 aliphatic heterocycles. The van der Waals surface area contributed by atoms with Gasteiger partial charge in [0.15, 0.2) is 0 Å². The molecule has 0 amide bonds. The minimum absolute atomic E-state index is 0.0770. The number of non-ortho nitro benzene ring substituents is 1. The van der Waals surface area contributed by atoms with E-state index < -0.39 is 15.5 Å². The maximum atomic E-state index is 11.3. The SMILES string of the molecule is O=C1CCC[C@@H]([C@H]2C[C@@H]2/C=N/Nc2ccc([N+](=O)[O-])cc2[N+](=O)[O-])O1. The van der Waals surface area contributed by atoms with Gasteiger partial charge in [-0.15, -0.1) is 0 Å². The first-order valence-electron chi connectivity index (χ1n) is 7.87. The number of hydrogen-bond acceptors (Lipinski definition) is 8. The summed E-state index contributed by atoms with van der Waals surface area (Å²) in [5.41, 5.74) is 1.86. The number of nitro groups is 2. The number of benzene rings is 1. The van der Waals surface area contributed by atoms with Crippen LogP contribution in [-0.2, 0) is 9.53 Å². The van der Waals surface area contributed by atoms with Gasteiger partial charge in [-0.1, -0.05) is 0 Å². The van der Waals surface area contributed by atoms with Gasteiger partial charge in [0.25, 0.3) is 5.69 Å². The van der Waals surface area contributed by atoms with Crippen LogP contribution in [0.2, 0.25) is 0 Å². The van der Waals surface area contributed by atoms with Crippen molar-refractivity contribution < 1.29 is 19.4 Å². The molecule has 0 bridgehead atoms. The smallest absolute Gasteiger partial charge is 0.306 e. The van der Waals surface area contributed by atoms with Crippen molar-refractivity contribution in [3.05, 3.63) is 38.4 Å². The Morgan fingerprint density at radius 2 is 2.08 bits per heavy atom. The molecule has 10 nitrogen and oxygen atoms in total. The second-order valence-corrected chi connectivity index (χ2v) is 6.09. The lowest BCUT2D eigenvalue weighted by Gasteiger charge is -2.22. The van der Waals surface area contributed by atoms with Crippen LogP contribution >= 0.6 is 0 Å². The average molecular weight is 348 g/mol. The highest BCUT2D eigenvalue weighted by molar-refractivity contribution is 5.72. The van der Waals surface area contributed by atoms with E-state index in [1.165, 1.54) is 12.1 Å². The molecule has 10 heteroatoms. The molecule has 1 N–H and O–H groups in total. The standard InChI is InChI=1S/C15H16N4O6/c20-15-3-1-2-14(25-15)11-6-9(11)8-16-17-12-5-4-10(18(21)22)7-13(12)19(23)24/h4-5,7-9,11,14,17H,1-3,6H2/b16-8+/t9-,11+,14+/m1/s1. The van der Waals surface area contributed by atoms with Crippen LogP contribution in [0.4, 0.5) is 17.1 Å². The van der Waals surface area contributed by atoms with Gasteiger partial charge in [0.05, 0.1) is 15.9 Å². The van der Waals surface area contributed by atoms with E-state index in [-0.39, 0.29) is 35.3 Å². The van der Waals surface area contributed by atoms with Crippen molar-refractivity contribution in [1.29, 1.82) is 0 Å². The molecule has 1 saturated heterocycles. The highest BCUT2D eigenvalue weighted by Gasteiger charge is 2.44. The van der Waals surface area contributed by atoms with E-state index in [9.17, 15) is 25.0 Å². The van der Waals surface area contributed by atoms with Gasteiger partial charge in [-0.2, -0.15) is 5.10 Å². The monoisotopic (exact) mass is 348 g/mol. The molecule has 3 atom stereocenters.